The highest BCUT2D eigenvalue weighted by atomic mass is 32.1. The second-order valence-corrected chi connectivity index (χ2v) is 6.70. The quantitative estimate of drug-likeness (QED) is 0.868. The van der Waals surface area contributed by atoms with Crippen LogP contribution in [0.1, 0.15) is 47.5 Å². The Kier molecular flexibility index (Phi) is 3.54. The van der Waals surface area contributed by atoms with E-state index in [1.54, 1.807) is 18.3 Å². The number of aryl methyl sites for hydroxylation is 1. The maximum Gasteiger partial charge on any atom is 0.341 e. The van der Waals surface area contributed by atoms with Crippen LogP contribution >= 0.6 is 11.3 Å². The van der Waals surface area contributed by atoms with Gasteiger partial charge in [0.2, 0.25) is 5.91 Å². The van der Waals surface area contributed by atoms with E-state index in [4.69, 9.17) is 4.74 Å². The van der Waals surface area contributed by atoms with Crippen LogP contribution in [-0.2, 0) is 22.4 Å². The van der Waals surface area contributed by atoms with Crippen LogP contribution in [0.5, 0.6) is 0 Å². The number of thiophene rings is 1. The highest BCUT2D eigenvalue weighted by Gasteiger charge is 2.40. The first-order valence-corrected chi connectivity index (χ1v) is 8.06. The molecule has 108 valence electrons. The number of hydrogen-bond donors (Lipinski definition) is 1. The molecule has 1 saturated carbocycles. The van der Waals surface area contributed by atoms with Gasteiger partial charge in [0, 0.05) is 10.8 Å². The maximum atomic E-state index is 12.2. The molecule has 4 nitrogen and oxygen atoms in total. The van der Waals surface area contributed by atoms with Crippen LogP contribution in [0.15, 0.2) is 0 Å². The summed E-state index contributed by atoms with van der Waals surface area (Å²) < 4.78 is 5.15. The van der Waals surface area contributed by atoms with E-state index in [-0.39, 0.29) is 17.8 Å². The molecule has 1 aromatic rings. The predicted octanol–water partition coefficient (Wildman–Crippen LogP) is 3.01. The fourth-order valence-electron chi connectivity index (χ4n) is 2.80. The summed E-state index contributed by atoms with van der Waals surface area (Å²) in [6, 6.07) is 0. The molecule has 0 aliphatic heterocycles. The van der Waals surface area contributed by atoms with Crippen LogP contribution in [0.4, 0.5) is 5.00 Å². The highest BCUT2D eigenvalue weighted by Crippen LogP contribution is 2.42. The van der Waals surface area contributed by atoms with Gasteiger partial charge in [0.25, 0.3) is 0 Å². The third-order valence-corrected chi connectivity index (χ3v) is 5.29. The van der Waals surface area contributed by atoms with E-state index in [1.165, 1.54) is 4.88 Å². The Morgan fingerprint density at radius 2 is 2.15 bits per heavy atom. The maximum absolute atomic E-state index is 12.2. The number of nitrogens with one attached hydrogen (secondary N) is 1. The molecule has 1 fully saturated rings. The zero-order valence-corrected chi connectivity index (χ0v) is 12.6. The predicted molar refractivity (Wildman–Crippen MR) is 78.2 cm³/mol. The zero-order chi connectivity index (χ0) is 14.3. The van der Waals surface area contributed by atoms with Crippen molar-refractivity contribution in [2.24, 2.45) is 11.8 Å². The van der Waals surface area contributed by atoms with Gasteiger partial charge in [0.1, 0.15) is 5.00 Å². The standard InChI is InChI=1S/C15H19NO3S/c1-3-19-15(18)12-9-5-4-6-11(9)20-14(12)16-13(17)10-7-8(10)2/h8,10H,3-7H2,1-2H3,(H,16,17)/t8-,10-/m1/s1. The lowest BCUT2D eigenvalue weighted by Gasteiger charge is -2.07. The van der Waals surface area contributed by atoms with Crippen LogP contribution in [0.2, 0.25) is 0 Å². The summed E-state index contributed by atoms with van der Waals surface area (Å²) in [4.78, 5) is 25.5. The third-order valence-electron chi connectivity index (χ3n) is 4.08. The number of carbonyl (C=O) groups excluding carboxylic acids is 2. The summed E-state index contributed by atoms with van der Waals surface area (Å²) in [5.41, 5.74) is 1.69. The van der Waals surface area contributed by atoms with Crippen molar-refractivity contribution in [1.82, 2.24) is 0 Å². The van der Waals surface area contributed by atoms with Gasteiger partial charge in [-0.3, -0.25) is 4.79 Å². The van der Waals surface area contributed by atoms with Gasteiger partial charge in [-0.1, -0.05) is 6.92 Å². The molecule has 0 unspecified atom stereocenters. The lowest BCUT2D eigenvalue weighted by Crippen LogP contribution is -2.17. The molecule has 20 heavy (non-hydrogen) atoms. The van der Waals surface area contributed by atoms with Gasteiger partial charge in [-0.15, -0.1) is 11.3 Å². The largest absolute Gasteiger partial charge is 0.462 e. The molecule has 1 N–H and O–H groups in total. The molecular weight excluding hydrogens is 274 g/mol. The first-order chi connectivity index (χ1) is 9.61. The minimum Gasteiger partial charge on any atom is -0.462 e. The normalized spacial score (nSPS) is 23.3. The molecule has 1 amide bonds. The van der Waals surface area contributed by atoms with E-state index in [2.05, 4.69) is 12.2 Å². The lowest BCUT2D eigenvalue weighted by atomic mass is 10.1. The van der Waals surface area contributed by atoms with Gasteiger partial charge in [-0.25, -0.2) is 4.79 Å². The Balaban J connectivity index is 1.86. The van der Waals surface area contributed by atoms with Gasteiger partial charge >= 0.3 is 5.97 Å². The number of rotatable bonds is 4. The van der Waals surface area contributed by atoms with E-state index < -0.39 is 0 Å². The minimum absolute atomic E-state index is 0.0444. The number of carbonyl (C=O) groups is 2. The van der Waals surface area contributed by atoms with Crippen molar-refractivity contribution in [1.29, 1.82) is 0 Å². The molecule has 0 saturated heterocycles. The molecule has 2 atom stereocenters. The number of ether oxygens (including phenoxy) is 1. The molecule has 1 heterocycles. The highest BCUT2D eigenvalue weighted by molar-refractivity contribution is 7.17. The molecule has 2 aliphatic carbocycles. The SMILES string of the molecule is CCOC(=O)c1c(NC(=O)[C@@H]2C[C@H]2C)sc2c1CCC2. The molecule has 0 aromatic carbocycles. The van der Waals surface area contributed by atoms with Crippen LogP contribution < -0.4 is 5.32 Å². The van der Waals surface area contributed by atoms with Crippen molar-refractivity contribution in [3.05, 3.63) is 16.0 Å². The van der Waals surface area contributed by atoms with Crippen LogP contribution in [-0.4, -0.2) is 18.5 Å². The number of amides is 1. The van der Waals surface area contributed by atoms with Gasteiger partial charge in [-0.2, -0.15) is 0 Å². The summed E-state index contributed by atoms with van der Waals surface area (Å²) >= 11 is 1.54. The first-order valence-electron chi connectivity index (χ1n) is 7.24. The van der Waals surface area contributed by atoms with Crippen molar-refractivity contribution in [2.45, 2.75) is 39.5 Å². The number of fused-ring (bicyclic) bond motifs is 1. The summed E-state index contributed by atoms with van der Waals surface area (Å²) in [5, 5.41) is 3.64. The van der Waals surface area contributed by atoms with E-state index in [9.17, 15) is 9.59 Å². The molecule has 0 bridgehead atoms. The zero-order valence-electron chi connectivity index (χ0n) is 11.8. The molecule has 3 rings (SSSR count). The second-order valence-electron chi connectivity index (χ2n) is 5.59. The van der Waals surface area contributed by atoms with Crippen LogP contribution in [0, 0.1) is 11.8 Å². The molecule has 5 heteroatoms. The van der Waals surface area contributed by atoms with Crippen molar-refractivity contribution in [3.8, 4) is 0 Å². The number of anilines is 1. The average Bonchev–Trinajstić information content (AvgIpc) is 2.82. The van der Waals surface area contributed by atoms with Gasteiger partial charge in [-0.05, 0) is 44.1 Å². The fraction of sp³-hybridized carbons (Fsp3) is 0.600. The summed E-state index contributed by atoms with van der Waals surface area (Å²) in [7, 11) is 0. The van der Waals surface area contributed by atoms with E-state index in [0.717, 1.165) is 31.2 Å². The van der Waals surface area contributed by atoms with Gasteiger partial charge in [0.15, 0.2) is 0 Å². The summed E-state index contributed by atoms with van der Waals surface area (Å²) in [5.74, 6) is 0.323. The van der Waals surface area contributed by atoms with E-state index >= 15 is 0 Å². The molecular formula is C15H19NO3S. The van der Waals surface area contributed by atoms with E-state index in [0.29, 0.717) is 23.1 Å². The summed E-state index contributed by atoms with van der Waals surface area (Å²) in [6.45, 7) is 4.23. The van der Waals surface area contributed by atoms with Gasteiger partial charge in [0.05, 0.1) is 12.2 Å². The first kappa shape index (κ1) is 13.6. The Morgan fingerprint density at radius 1 is 1.40 bits per heavy atom. The smallest absolute Gasteiger partial charge is 0.341 e. The van der Waals surface area contributed by atoms with Crippen LogP contribution in [0.3, 0.4) is 0 Å². The van der Waals surface area contributed by atoms with Crippen LogP contribution in [0.25, 0.3) is 0 Å². The second kappa shape index (κ2) is 5.20. The number of esters is 1. The minimum atomic E-state index is -0.300. The molecule has 2 aliphatic rings. The Bertz CT molecular complexity index is 564. The molecule has 1 aromatic heterocycles. The van der Waals surface area contributed by atoms with E-state index in [1.807, 2.05) is 0 Å². The average molecular weight is 293 g/mol. The summed E-state index contributed by atoms with van der Waals surface area (Å²) in [6.07, 6.45) is 3.95. The third kappa shape index (κ3) is 2.35. The lowest BCUT2D eigenvalue weighted by molar-refractivity contribution is -0.117. The molecule has 0 radical (unpaired) electrons. The Morgan fingerprint density at radius 3 is 2.80 bits per heavy atom. The van der Waals surface area contributed by atoms with Gasteiger partial charge < -0.3 is 10.1 Å². The topological polar surface area (TPSA) is 55.4 Å². The van der Waals surface area contributed by atoms with Crippen molar-refractivity contribution in [2.75, 3.05) is 11.9 Å². The fourth-order valence-corrected chi connectivity index (χ4v) is 4.08. The van der Waals surface area contributed by atoms with Crippen molar-refractivity contribution >= 4 is 28.2 Å². The Hall–Kier alpha value is -1.36. The monoisotopic (exact) mass is 293 g/mol. The number of hydrogen-bond acceptors (Lipinski definition) is 4. The van der Waals surface area contributed by atoms with Crippen molar-refractivity contribution in [3.63, 3.8) is 0 Å². The molecule has 0 spiro atoms. The Labute approximate surface area is 122 Å². The van der Waals surface area contributed by atoms with Crippen molar-refractivity contribution < 1.29 is 14.3 Å².